The Bertz CT molecular complexity index is 235. The van der Waals surface area contributed by atoms with Crippen LogP contribution in [0.2, 0.25) is 0 Å². The molecular weight excluding hydrogens is 148 g/mol. The van der Waals surface area contributed by atoms with Gasteiger partial charge in [-0.2, -0.15) is 0 Å². The van der Waals surface area contributed by atoms with Crippen LogP contribution in [0.3, 0.4) is 0 Å². The summed E-state index contributed by atoms with van der Waals surface area (Å²) in [5.74, 6) is 0. The van der Waals surface area contributed by atoms with Crippen molar-refractivity contribution >= 4 is 6.29 Å². The normalized spacial score (nSPS) is 32.9. The predicted octanol–water partition coefficient (Wildman–Crippen LogP) is 2.73. The minimum Gasteiger partial charge on any atom is -0.299 e. The zero-order chi connectivity index (χ0) is 9.24. The van der Waals surface area contributed by atoms with Gasteiger partial charge in [-0.1, -0.05) is 39.0 Å². The van der Waals surface area contributed by atoms with Gasteiger partial charge >= 0.3 is 0 Å². The van der Waals surface area contributed by atoms with Crippen molar-refractivity contribution in [2.24, 2.45) is 10.8 Å². The predicted molar refractivity (Wildman–Crippen MR) is 50.8 cm³/mol. The first-order valence-corrected chi connectivity index (χ1v) is 4.32. The van der Waals surface area contributed by atoms with Crippen molar-refractivity contribution in [1.29, 1.82) is 0 Å². The SMILES string of the molecule is CC1(C)C=CC[C@@]1(C)/C=C/C=O. The van der Waals surface area contributed by atoms with Crippen LogP contribution in [0.1, 0.15) is 27.2 Å². The topological polar surface area (TPSA) is 17.1 Å². The van der Waals surface area contributed by atoms with Crippen LogP contribution in [0.5, 0.6) is 0 Å². The summed E-state index contributed by atoms with van der Waals surface area (Å²) in [7, 11) is 0. The Morgan fingerprint density at radius 1 is 1.33 bits per heavy atom. The molecule has 0 saturated carbocycles. The molecule has 0 aromatic carbocycles. The molecule has 1 aliphatic carbocycles. The molecule has 0 saturated heterocycles. The maximum Gasteiger partial charge on any atom is 0.142 e. The van der Waals surface area contributed by atoms with E-state index in [0.717, 1.165) is 12.7 Å². The highest BCUT2D eigenvalue weighted by Crippen LogP contribution is 2.48. The minimum absolute atomic E-state index is 0.119. The molecule has 1 rings (SSSR count). The van der Waals surface area contributed by atoms with Crippen LogP contribution in [0.15, 0.2) is 24.3 Å². The standard InChI is InChI=1S/C11H16O/c1-10(2)6-4-7-11(10,3)8-5-9-12/h4-6,8-9H,7H2,1-3H3/b8-5+/t11-/m0/s1. The van der Waals surface area contributed by atoms with E-state index in [1.807, 2.05) is 6.08 Å². The maximum atomic E-state index is 10.2. The molecule has 0 bridgehead atoms. The summed E-state index contributed by atoms with van der Waals surface area (Å²) in [6.45, 7) is 6.59. The Morgan fingerprint density at radius 2 is 2.00 bits per heavy atom. The summed E-state index contributed by atoms with van der Waals surface area (Å²) >= 11 is 0. The van der Waals surface area contributed by atoms with Crippen LogP contribution in [0.25, 0.3) is 0 Å². The van der Waals surface area contributed by atoms with Gasteiger partial charge < -0.3 is 0 Å². The molecule has 0 spiro atoms. The molecule has 0 aromatic rings. The number of hydrogen-bond acceptors (Lipinski definition) is 1. The van der Waals surface area contributed by atoms with Crippen LogP contribution >= 0.6 is 0 Å². The zero-order valence-electron chi connectivity index (χ0n) is 8.00. The molecule has 0 fully saturated rings. The number of allylic oxidation sites excluding steroid dienone is 4. The Kier molecular flexibility index (Phi) is 2.22. The van der Waals surface area contributed by atoms with E-state index in [-0.39, 0.29) is 10.8 Å². The summed E-state index contributed by atoms with van der Waals surface area (Å²) in [6.07, 6.45) is 9.91. The van der Waals surface area contributed by atoms with Gasteiger partial charge in [0, 0.05) is 0 Å². The number of hydrogen-bond donors (Lipinski definition) is 0. The Balaban J connectivity index is 2.86. The van der Waals surface area contributed by atoms with Crippen molar-refractivity contribution in [3.05, 3.63) is 24.3 Å². The lowest BCUT2D eigenvalue weighted by molar-refractivity contribution is -0.104. The fraction of sp³-hybridized carbons (Fsp3) is 0.545. The Morgan fingerprint density at radius 3 is 2.42 bits per heavy atom. The molecule has 0 radical (unpaired) electrons. The lowest BCUT2D eigenvalue weighted by Gasteiger charge is -2.35. The van der Waals surface area contributed by atoms with E-state index in [9.17, 15) is 4.79 Å². The molecule has 0 unspecified atom stereocenters. The molecule has 1 heteroatoms. The van der Waals surface area contributed by atoms with Crippen LogP contribution in [-0.2, 0) is 4.79 Å². The van der Waals surface area contributed by atoms with Gasteiger partial charge in [0.25, 0.3) is 0 Å². The summed E-state index contributed by atoms with van der Waals surface area (Å²) in [6, 6.07) is 0. The zero-order valence-corrected chi connectivity index (χ0v) is 8.00. The second-order valence-electron chi connectivity index (χ2n) is 4.24. The van der Waals surface area contributed by atoms with Crippen molar-refractivity contribution in [2.45, 2.75) is 27.2 Å². The van der Waals surface area contributed by atoms with Crippen molar-refractivity contribution in [1.82, 2.24) is 0 Å². The molecule has 0 heterocycles. The van der Waals surface area contributed by atoms with Gasteiger partial charge in [-0.15, -0.1) is 0 Å². The molecule has 66 valence electrons. The lowest BCUT2D eigenvalue weighted by Crippen LogP contribution is -2.27. The molecule has 1 aliphatic rings. The smallest absolute Gasteiger partial charge is 0.142 e. The van der Waals surface area contributed by atoms with Gasteiger partial charge in [0.1, 0.15) is 6.29 Å². The fourth-order valence-corrected chi connectivity index (χ4v) is 1.59. The number of rotatable bonds is 2. The average Bonchev–Trinajstić information content (AvgIpc) is 2.24. The number of carbonyl (C=O) groups is 1. The molecule has 1 nitrogen and oxygen atoms in total. The Hall–Kier alpha value is -0.850. The van der Waals surface area contributed by atoms with E-state index in [1.165, 1.54) is 0 Å². The highest BCUT2D eigenvalue weighted by molar-refractivity contribution is 5.65. The van der Waals surface area contributed by atoms with E-state index in [2.05, 4.69) is 32.9 Å². The van der Waals surface area contributed by atoms with Gasteiger partial charge in [-0.25, -0.2) is 0 Å². The van der Waals surface area contributed by atoms with Gasteiger partial charge in [0.15, 0.2) is 0 Å². The van der Waals surface area contributed by atoms with Gasteiger partial charge in [0.05, 0.1) is 0 Å². The molecule has 0 aliphatic heterocycles. The lowest BCUT2D eigenvalue weighted by atomic mass is 9.69. The summed E-state index contributed by atoms with van der Waals surface area (Å²) < 4.78 is 0. The van der Waals surface area contributed by atoms with Gasteiger partial charge in [0.2, 0.25) is 0 Å². The third-order valence-electron chi connectivity index (χ3n) is 3.09. The fourth-order valence-electron chi connectivity index (χ4n) is 1.59. The second kappa shape index (κ2) is 2.89. The van der Waals surface area contributed by atoms with Crippen molar-refractivity contribution in [3.8, 4) is 0 Å². The van der Waals surface area contributed by atoms with E-state index in [0.29, 0.717) is 0 Å². The third kappa shape index (κ3) is 1.36. The largest absolute Gasteiger partial charge is 0.299 e. The quantitative estimate of drug-likeness (QED) is 0.348. The average molecular weight is 164 g/mol. The second-order valence-corrected chi connectivity index (χ2v) is 4.24. The number of carbonyl (C=O) groups excluding carboxylic acids is 1. The molecule has 0 N–H and O–H groups in total. The van der Waals surface area contributed by atoms with E-state index in [4.69, 9.17) is 0 Å². The summed E-state index contributed by atoms with van der Waals surface area (Å²) in [5.41, 5.74) is 0.292. The van der Waals surface area contributed by atoms with Crippen molar-refractivity contribution in [2.75, 3.05) is 0 Å². The summed E-state index contributed by atoms with van der Waals surface area (Å²) in [5, 5.41) is 0. The maximum absolute atomic E-state index is 10.2. The Labute approximate surface area is 74.2 Å². The minimum atomic E-state index is 0.119. The first-order valence-electron chi connectivity index (χ1n) is 4.32. The molecule has 1 atom stereocenters. The van der Waals surface area contributed by atoms with E-state index >= 15 is 0 Å². The van der Waals surface area contributed by atoms with E-state index < -0.39 is 0 Å². The molecular formula is C11H16O. The monoisotopic (exact) mass is 164 g/mol. The van der Waals surface area contributed by atoms with Gasteiger partial charge in [-0.3, -0.25) is 4.79 Å². The highest BCUT2D eigenvalue weighted by Gasteiger charge is 2.39. The highest BCUT2D eigenvalue weighted by atomic mass is 16.1. The van der Waals surface area contributed by atoms with Crippen molar-refractivity contribution in [3.63, 3.8) is 0 Å². The molecule has 0 aromatic heterocycles. The third-order valence-corrected chi connectivity index (χ3v) is 3.09. The van der Waals surface area contributed by atoms with Crippen LogP contribution in [0, 0.1) is 10.8 Å². The van der Waals surface area contributed by atoms with Crippen molar-refractivity contribution < 1.29 is 4.79 Å². The summed E-state index contributed by atoms with van der Waals surface area (Å²) in [4.78, 5) is 10.2. The first-order chi connectivity index (χ1) is 5.52. The van der Waals surface area contributed by atoms with Crippen LogP contribution in [-0.4, -0.2) is 6.29 Å². The van der Waals surface area contributed by atoms with Crippen LogP contribution < -0.4 is 0 Å². The van der Waals surface area contributed by atoms with Crippen LogP contribution in [0.4, 0.5) is 0 Å². The molecule has 12 heavy (non-hydrogen) atoms. The van der Waals surface area contributed by atoms with Gasteiger partial charge in [-0.05, 0) is 23.3 Å². The molecule has 0 amide bonds. The van der Waals surface area contributed by atoms with E-state index in [1.54, 1.807) is 6.08 Å². The first kappa shape index (κ1) is 9.24. The number of aldehydes is 1.